The molecule has 4 nitrogen and oxygen atoms in total. The maximum atomic E-state index is 10.7. The minimum Gasteiger partial charge on any atom is -0.550 e. The topological polar surface area (TPSA) is 58.0 Å². The summed E-state index contributed by atoms with van der Waals surface area (Å²) < 4.78 is 2.00. The molecule has 0 unspecified atom stereocenters. The van der Waals surface area contributed by atoms with Crippen LogP contribution < -0.4 is 24.0 Å². The quantitative estimate of drug-likeness (QED) is 0.500. The summed E-state index contributed by atoms with van der Waals surface area (Å²) in [5, 5.41) is 10.7. The van der Waals surface area contributed by atoms with Crippen LogP contribution in [0.1, 0.15) is 16.7 Å². The van der Waals surface area contributed by atoms with Crippen molar-refractivity contribution >= 4 is 17.0 Å². The van der Waals surface area contributed by atoms with Crippen molar-refractivity contribution in [1.82, 2.24) is 9.55 Å². The van der Waals surface area contributed by atoms with E-state index in [9.17, 15) is 9.90 Å². The van der Waals surface area contributed by atoms with Gasteiger partial charge in [0.1, 0.15) is 6.33 Å². The van der Waals surface area contributed by atoms with Crippen LogP contribution in [-0.4, -0.2) is 15.5 Å². The third-order valence-electron chi connectivity index (χ3n) is 5.03. The Morgan fingerprint density at radius 3 is 2.50 bits per heavy atom. The molecule has 4 aromatic rings. The van der Waals surface area contributed by atoms with E-state index in [1.54, 1.807) is 18.5 Å². The van der Waals surface area contributed by atoms with Crippen LogP contribution in [0.4, 0.5) is 0 Å². The fourth-order valence-electron chi connectivity index (χ4n) is 3.39. The normalized spacial score (nSPS) is 10.6. The number of aliphatic carboxylic acids is 1. The Kier molecular flexibility index (Phi) is 5.74. The van der Waals surface area contributed by atoms with Crippen LogP contribution in [0.2, 0.25) is 0 Å². The van der Waals surface area contributed by atoms with Gasteiger partial charge in [0, 0.05) is 18.1 Å². The first-order valence-corrected chi connectivity index (χ1v) is 8.86. The van der Waals surface area contributed by atoms with Crippen molar-refractivity contribution in [3.63, 3.8) is 0 Å². The van der Waals surface area contributed by atoms with Crippen LogP contribution in [-0.2, 0) is 11.2 Å². The van der Waals surface area contributed by atoms with Gasteiger partial charge >= 0.3 is 18.9 Å². The third kappa shape index (κ3) is 3.75. The zero-order chi connectivity index (χ0) is 19.0. The fraction of sp³-hybridized carbons (Fsp3) is 0.130. The monoisotopic (exact) mass is 362 g/mol. The van der Waals surface area contributed by atoms with Crippen molar-refractivity contribution in [3.05, 3.63) is 83.7 Å². The van der Waals surface area contributed by atoms with Gasteiger partial charge in [0.25, 0.3) is 0 Å². The van der Waals surface area contributed by atoms with Crippen LogP contribution in [0, 0.1) is 13.8 Å². The first-order chi connectivity index (χ1) is 13.0. The Morgan fingerprint density at radius 2 is 1.79 bits per heavy atom. The molecule has 0 aliphatic rings. The van der Waals surface area contributed by atoms with Gasteiger partial charge in [-0.25, -0.2) is 4.98 Å². The molecule has 0 saturated heterocycles. The molecule has 1 aromatic heterocycles. The number of carbonyl (C=O) groups is 1. The van der Waals surface area contributed by atoms with E-state index in [1.807, 2.05) is 16.7 Å². The summed E-state index contributed by atoms with van der Waals surface area (Å²) in [4.78, 5) is 15.3. The number of carboxylic acids is 1. The summed E-state index contributed by atoms with van der Waals surface area (Å²) in [6, 6.07) is 20.1. The molecular formula is C23H19LiN2O2. The van der Waals surface area contributed by atoms with E-state index in [4.69, 9.17) is 0 Å². The third-order valence-corrected chi connectivity index (χ3v) is 5.03. The van der Waals surface area contributed by atoms with Crippen LogP contribution in [0.5, 0.6) is 0 Å². The first kappa shape index (κ1) is 19.9. The van der Waals surface area contributed by atoms with Gasteiger partial charge in [0.15, 0.2) is 0 Å². The maximum absolute atomic E-state index is 10.7. The van der Waals surface area contributed by atoms with Gasteiger partial charge in [-0.05, 0) is 65.9 Å². The molecule has 0 spiro atoms. The Labute approximate surface area is 176 Å². The second kappa shape index (κ2) is 8.06. The van der Waals surface area contributed by atoms with Gasteiger partial charge in [0.05, 0.1) is 11.0 Å². The zero-order valence-corrected chi connectivity index (χ0v) is 16.3. The molecule has 0 aliphatic carbocycles. The van der Waals surface area contributed by atoms with E-state index < -0.39 is 5.97 Å². The molecule has 0 atom stereocenters. The molecule has 0 amide bonds. The van der Waals surface area contributed by atoms with Crippen molar-refractivity contribution in [2.75, 3.05) is 0 Å². The van der Waals surface area contributed by atoms with E-state index in [2.05, 4.69) is 55.2 Å². The average molecular weight is 362 g/mol. The molecule has 28 heavy (non-hydrogen) atoms. The fourth-order valence-corrected chi connectivity index (χ4v) is 3.39. The molecule has 1 heterocycles. The number of carbonyl (C=O) groups excluding carboxylic acids is 1. The minimum absolute atomic E-state index is 0. The van der Waals surface area contributed by atoms with Gasteiger partial charge in [-0.15, -0.1) is 0 Å². The van der Waals surface area contributed by atoms with Crippen molar-refractivity contribution in [2.24, 2.45) is 0 Å². The molecule has 0 bridgehead atoms. The average Bonchev–Trinajstić information content (AvgIpc) is 3.07. The van der Waals surface area contributed by atoms with Crippen molar-refractivity contribution < 1.29 is 28.8 Å². The van der Waals surface area contributed by atoms with Crippen LogP contribution in [0.25, 0.3) is 27.8 Å². The van der Waals surface area contributed by atoms with E-state index in [-0.39, 0.29) is 25.3 Å². The number of fused-ring (bicyclic) bond motifs is 1. The van der Waals surface area contributed by atoms with Gasteiger partial charge in [-0.3, -0.25) is 4.57 Å². The number of carboxylic acid groups (broad SMARTS) is 1. The summed E-state index contributed by atoms with van der Waals surface area (Å²) in [5.41, 5.74) is 8.52. The van der Waals surface area contributed by atoms with Crippen molar-refractivity contribution in [3.8, 4) is 16.8 Å². The number of hydrogen-bond donors (Lipinski definition) is 0. The Balaban J connectivity index is 0.00000225. The SMILES string of the molecule is Cc1cccc(-c2ccc3c(c2)ncn3-c2ccc(CC(=O)[O-])cc2)c1C.[Li+]. The number of aryl methyl sites for hydroxylation is 1. The second-order valence-electron chi connectivity index (χ2n) is 6.78. The van der Waals surface area contributed by atoms with Crippen LogP contribution in [0.3, 0.4) is 0 Å². The molecule has 0 aliphatic heterocycles. The number of benzene rings is 3. The molecule has 0 radical (unpaired) electrons. The summed E-state index contributed by atoms with van der Waals surface area (Å²) in [6.07, 6.45) is 1.72. The number of rotatable bonds is 4. The largest absolute Gasteiger partial charge is 1.00 e. The molecule has 0 N–H and O–H groups in total. The standard InChI is InChI=1S/C23H20N2O2.Li/c1-15-4-3-5-20(16(15)2)18-8-11-22-21(13-18)24-14-25(22)19-9-6-17(7-10-19)12-23(26)27;/h3-11,13-14H,12H2,1-2H3,(H,26,27);/q;+1/p-1. The number of aromatic nitrogens is 2. The van der Waals surface area contributed by atoms with Crippen LogP contribution in [0.15, 0.2) is 67.0 Å². The summed E-state index contributed by atoms with van der Waals surface area (Å²) in [7, 11) is 0. The van der Waals surface area contributed by atoms with Crippen molar-refractivity contribution in [2.45, 2.75) is 20.3 Å². The van der Waals surface area contributed by atoms with E-state index in [0.29, 0.717) is 0 Å². The van der Waals surface area contributed by atoms with E-state index in [1.165, 1.54) is 16.7 Å². The number of hydrogen-bond acceptors (Lipinski definition) is 3. The molecule has 4 rings (SSSR count). The Bertz CT molecular complexity index is 1150. The van der Waals surface area contributed by atoms with Crippen LogP contribution >= 0.6 is 0 Å². The van der Waals surface area contributed by atoms with Gasteiger partial charge in [0.2, 0.25) is 0 Å². The van der Waals surface area contributed by atoms with Crippen molar-refractivity contribution in [1.29, 1.82) is 0 Å². The summed E-state index contributed by atoms with van der Waals surface area (Å²) in [6.45, 7) is 4.26. The molecule has 3 aromatic carbocycles. The minimum atomic E-state index is -1.07. The smallest absolute Gasteiger partial charge is 0.550 e. The molecule has 134 valence electrons. The number of imidazole rings is 1. The zero-order valence-electron chi connectivity index (χ0n) is 16.3. The predicted molar refractivity (Wildman–Crippen MR) is 105 cm³/mol. The first-order valence-electron chi connectivity index (χ1n) is 8.86. The van der Waals surface area contributed by atoms with Gasteiger partial charge < -0.3 is 9.90 Å². The molecule has 0 saturated carbocycles. The number of nitrogens with zero attached hydrogens (tertiary/aromatic N) is 2. The Morgan fingerprint density at radius 1 is 1.04 bits per heavy atom. The van der Waals surface area contributed by atoms with E-state index in [0.717, 1.165) is 27.8 Å². The summed E-state index contributed by atoms with van der Waals surface area (Å²) in [5.74, 6) is -1.07. The van der Waals surface area contributed by atoms with E-state index >= 15 is 0 Å². The van der Waals surface area contributed by atoms with Gasteiger partial charge in [-0.1, -0.05) is 36.4 Å². The summed E-state index contributed by atoms with van der Waals surface area (Å²) >= 11 is 0. The predicted octanol–water partition coefficient (Wildman–Crippen LogP) is 0.606. The molecule has 0 fully saturated rings. The maximum Gasteiger partial charge on any atom is 1.00 e. The molecular weight excluding hydrogens is 343 g/mol. The second-order valence-corrected chi connectivity index (χ2v) is 6.78. The Hall–Kier alpha value is -2.80. The van der Waals surface area contributed by atoms with Gasteiger partial charge in [-0.2, -0.15) is 0 Å². The molecule has 5 heteroatoms.